The fraction of sp³-hybridized carbons (Fsp3) is 0.364. The van der Waals surface area contributed by atoms with Gasteiger partial charge in [0, 0.05) is 25.8 Å². The molecule has 0 aromatic heterocycles. The Hall–Kier alpha value is -1.76. The van der Waals surface area contributed by atoms with Gasteiger partial charge in [0.25, 0.3) is 0 Å². The van der Waals surface area contributed by atoms with E-state index in [0.29, 0.717) is 25.3 Å². The van der Waals surface area contributed by atoms with Gasteiger partial charge in [-0.05, 0) is 0 Å². The molecule has 0 radical (unpaired) electrons. The monoisotopic (exact) mass is 262 g/mol. The third-order valence-corrected chi connectivity index (χ3v) is 2.06. The lowest BCUT2D eigenvalue weighted by atomic mass is 10.2. The van der Waals surface area contributed by atoms with Crippen LogP contribution in [0.3, 0.4) is 0 Å². The molecule has 0 saturated heterocycles. The van der Waals surface area contributed by atoms with Crippen LogP contribution in [0.2, 0.25) is 0 Å². The van der Waals surface area contributed by atoms with Crippen LogP contribution >= 0.6 is 0 Å². The predicted molar refractivity (Wildman–Crippen MR) is 59.7 cm³/mol. The fourth-order valence-electron chi connectivity index (χ4n) is 1.23. The van der Waals surface area contributed by atoms with Crippen LogP contribution in [0.5, 0.6) is 0 Å². The zero-order valence-corrected chi connectivity index (χ0v) is 9.73. The van der Waals surface area contributed by atoms with E-state index in [1.165, 1.54) is 7.11 Å². The highest BCUT2D eigenvalue weighted by Crippen LogP contribution is 2.19. The number of hydrogen-bond acceptors (Lipinski definition) is 3. The van der Waals surface area contributed by atoms with E-state index in [9.17, 15) is 18.0 Å². The molecule has 1 amide bonds. The largest absolute Gasteiger partial charge is 0.383 e. The van der Waals surface area contributed by atoms with Crippen LogP contribution in [0, 0.1) is 17.5 Å². The molecule has 7 heteroatoms. The van der Waals surface area contributed by atoms with Gasteiger partial charge < -0.3 is 15.4 Å². The summed E-state index contributed by atoms with van der Waals surface area (Å²) < 4.78 is 43.7. The zero-order valence-electron chi connectivity index (χ0n) is 9.73. The first kappa shape index (κ1) is 14.3. The van der Waals surface area contributed by atoms with Gasteiger partial charge in [-0.25, -0.2) is 13.2 Å². The average Bonchev–Trinajstić information content (AvgIpc) is 2.27. The first-order valence-electron chi connectivity index (χ1n) is 5.18. The van der Waals surface area contributed by atoms with Crippen molar-refractivity contribution in [2.75, 3.05) is 32.1 Å². The van der Waals surface area contributed by atoms with E-state index in [1.807, 2.05) is 0 Å². The molecule has 4 nitrogen and oxygen atoms in total. The molecule has 0 atom stereocenters. The molecule has 1 rings (SSSR count). The Morgan fingerprint density at radius 1 is 1.28 bits per heavy atom. The van der Waals surface area contributed by atoms with E-state index in [-0.39, 0.29) is 6.54 Å². The Balaban J connectivity index is 2.51. The molecule has 0 saturated carbocycles. The standard InChI is InChI=1S/C11H13F3N2O2/c1-18-3-2-15-10(17)6-16-11-8(13)4-7(12)5-9(11)14/h4-5,16H,2-3,6H2,1H3,(H,15,17). The number of carbonyl (C=O) groups excluding carboxylic acids is 1. The van der Waals surface area contributed by atoms with E-state index >= 15 is 0 Å². The number of halogens is 3. The summed E-state index contributed by atoms with van der Waals surface area (Å²) in [5.74, 6) is -3.63. The van der Waals surface area contributed by atoms with Crippen molar-refractivity contribution in [3.63, 3.8) is 0 Å². The number of hydrogen-bond donors (Lipinski definition) is 2. The molecule has 0 aliphatic carbocycles. The summed E-state index contributed by atoms with van der Waals surface area (Å²) in [7, 11) is 1.48. The van der Waals surface area contributed by atoms with Crippen LogP contribution in [0.1, 0.15) is 0 Å². The van der Waals surface area contributed by atoms with E-state index in [4.69, 9.17) is 4.74 Å². The van der Waals surface area contributed by atoms with Gasteiger partial charge in [0.15, 0.2) is 11.6 Å². The van der Waals surface area contributed by atoms with Gasteiger partial charge in [-0.2, -0.15) is 0 Å². The number of nitrogens with one attached hydrogen (secondary N) is 2. The van der Waals surface area contributed by atoms with Gasteiger partial charge >= 0.3 is 0 Å². The summed E-state index contributed by atoms with van der Waals surface area (Å²) in [6.07, 6.45) is 0. The Labute approximate surface area is 102 Å². The Bertz CT molecular complexity index is 404. The third-order valence-electron chi connectivity index (χ3n) is 2.06. The maximum absolute atomic E-state index is 13.2. The fourth-order valence-corrected chi connectivity index (χ4v) is 1.23. The van der Waals surface area contributed by atoms with Gasteiger partial charge in [-0.1, -0.05) is 0 Å². The van der Waals surface area contributed by atoms with Crippen LogP contribution in [0.4, 0.5) is 18.9 Å². The predicted octanol–water partition coefficient (Wildman–Crippen LogP) is 1.28. The van der Waals surface area contributed by atoms with Crippen LogP contribution in [-0.4, -0.2) is 32.7 Å². The number of carbonyl (C=O) groups is 1. The van der Waals surface area contributed by atoms with Gasteiger partial charge in [0.1, 0.15) is 11.5 Å². The number of benzene rings is 1. The smallest absolute Gasteiger partial charge is 0.239 e. The molecule has 1 aromatic rings. The molecule has 0 aliphatic heterocycles. The normalized spacial score (nSPS) is 10.2. The number of rotatable bonds is 6. The lowest BCUT2D eigenvalue weighted by Gasteiger charge is -2.09. The van der Waals surface area contributed by atoms with E-state index < -0.39 is 29.0 Å². The lowest BCUT2D eigenvalue weighted by Crippen LogP contribution is -2.32. The van der Waals surface area contributed by atoms with Crippen molar-refractivity contribution in [3.8, 4) is 0 Å². The Kier molecular flexibility index (Phi) is 5.44. The zero-order chi connectivity index (χ0) is 13.5. The molecule has 0 unspecified atom stereocenters. The molecule has 0 spiro atoms. The number of ether oxygens (including phenoxy) is 1. The second kappa shape index (κ2) is 6.85. The van der Waals surface area contributed by atoms with E-state index in [2.05, 4.69) is 10.6 Å². The van der Waals surface area contributed by atoms with Crippen LogP contribution in [-0.2, 0) is 9.53 Å². The molecule has 2 N–H and O–H groups in total. The first-order valence-corrected chi connectivity index (χ1v) is 5.18. The number of methoxy groups -OCH3 is 1. The minimum absolute atomic E-state index is 0.297. The lowest BCUT2D eigenvalue weighted by molar-refractivity contribution is -0.119. The summed E-state index contributed by atoms with van der Waals surface area (Å²) >= 11 is 0. The quantitative estimate of drug-likeness (QED) is 0.759. The molecule has 0 aliphatic rings. The summed E-state index contributed by atoms with van der Waals surface area (Å²) in [6, 6.07) is 1.07. The van der Waals surface area contributed by atoms with Crippen LogP contribution in [0.15, 0.2) is 12.1 Å². The molecule has 0 fully saturated rings. The second-order valence-corrected chi connectivity index (χ2v) is 3.44. The van der Waals surface area contributed by atoms with Gasteiger partial charge in [-0.15, -0.1) is 0 Å². The molecular formula is C11H13F3N2O2. The maximum Gasteiger partial charge on any atom is 0.239 e. The summed E-state index contributed by atoms with van der Waals surface area (Å²) in [5.41, 5.74) is -0.529. The summed E-state index contributed by atoms with van der Waals surface area (Å²) in [4.78, 5) is 11.2. The molecule has 0 heterocycles. The minimum atomic E-state index is -1.09. The minimum Gasteiger partial charge on any atom is -0.383 e. The molecular weight excluding hydrogens is 249 g/mol. The highest BCUT2D eigenvalue weighted by molar-refractivity contribution is 5.80. The van der Waals surface area contributed by atoms with Crippen molar-refractivity contribution >= 4 is 11.6 Å². The Morgan fingerprint density at radius 2 is 1.89 bits per heavy atom. The van der Waals surface area contributed by atoms with E-state index in [0.717, 1.165) is 0 Å². The average molecular weight is 262 g/mol. The van der Waals surface area contributed by atoms with Crippen molar-refractivity contribution in [2.45, 2.75) is 0 Å². The SMILES string of the molecule is COCCNC(=O)CNc1c(F)cc(F)cc1F. The van der Waals surface area contributed by atoms with Crippen LogP contribution in [0.25, 0.3) is 0 Å². The van der Waals surface area contributed by atoms with Gasteiger partial charge in [0.2, 0.25) is 5.91 Å². The van der Waals surface area contributed by atoms with Crippen molar-refractivity contribution in [3.05, 3.63) is 29.6 Å². The topological polar surface area (TPSA) is 50.4 Å². The summed E-state index contributed by atoms with van der Waals surface area (Å²) in [6.45, 7) is 0.319. The molecule has 100 valence electrons. The van der Waals surface area contributed by atoms with Crippen molar-refractivity contribution in [1.29, 1.82) is 0 Å². The van der Waals surface area contributed by atoms with Crippen molar-refractivity contribution in [1.82, 2.24) is 5.32 Å². The van der Waals surface area contributed by atoms with E-state index in [1.54, 1.807) is 0 Å². The third kappa shape index (κ3) is 4.25. The number of anilines is 1. The van der Waals surface area contributed by atoms with Crippen LogP contribution < -0.4 is 10.6 Å². The Morgan fingerprint density at radius 3 is 2.44 bits per heavy atom. The highest BCUT2D eigenvalue weighted by atomic mass is 19.1. The molecule has 1 aromatic carbocycles. The highest BCUT2D eigenvalue weighted by Gasteiger charge is 2.12. The van der Waals surface area contributed by atoms with Crippen molar-refractivity contribution in [2.24, 2.45) is 0 Å². The first-order chi connectivity index (χ1) is 8.54. The maximum atomic E-state index is 13.2. The van der Waals surface area contributed by atoms with Gasteiger partial charge in [-0.3, -0.25) is 4.79 Å². The summed E-state index contributed by atoms with van der Waals surface area (Å²) in [5, 5.41) is 4.72. The van der Waals surface area contributed by atoms with Crippen molar-refractivity contribution < 1.29 is 22.7 Å². The molecule has 18 heavy (non-hydrogen) atoms. The number of amides is 1. The van der Waals surface area contributed by atoms with Gasteiger partial charge in [0.05, 0.1) is 13.2 Å². The second-order valence-electron chi connectivity index (χ2n) is 3.44. The molecule has 0 bridgehead atoms.